The average molecular weight is 303 g/mol. The van der Waals surface area contributed by atoms with E-state index in [1.165, 1.54) is 6.07 Å². The molecule has 0 heterocycles. The number of hydrogen-bond acceptors (Lipinski definition) is 1. The molecule has 3 unspecified atom stereocenters. The monoisotopic (exact) mass is 303 g/mol. The summed E-state index contributed by atoms with van der Waals surface area (Å²) in [4.78, 5) is 0. The lowest BCUT2D eigenvalue weighted by Crippen LogP contribution is -2.34. The standard InChI is InChI=1S/C16H21F4N/c1-9-6-10(2)14(13(17)7-9)15(21)11-4-3-5-12(8-11)16(18,19)20/h6-7,11-12,15H,3-5,8,21H2,1-2H3. The maximum absolute atomic E-state index is 14.1. The molecule has 0 saturated heterocycles. The molecule has 21 heavy (non-hydrogen) atoms. The summed E-state index contributed by atoms with van der Waals surface area (Å²) in [7, 11) is 0. The van der Waals surface area contributed by atoms with Gasteiger partial charge in [-0.15, -0.1) is 0 Å². The van der Waals surface area contributed by atoms with Crippen LogP contribution in [0.5, 0.6) is 0 Å². The molecule has 1 nitrogen and oxygen atoms in total. The number of alkyl halides is 3. The van der Waals surface area contributed by atoms with Crippen molar-refractivity contribution in [2.45, 2.75) is 51.7 Å². The van der Waals surface area contributed by atoms with Crippen molar-refractivity contribution < 1.29 is 17.6 Å². The maximum atomic E-state index is 14.1. The van der Waals surface area contributed by atoms with Crippen molar-refractivity contribution in [3.63, 3.8) is 0 Å². The molecule has 2 rings (SSSR count). The zero-order valence-corrected chi connectivity index (χ0v) is 12.3. The van der Waals surface area contributed by atoms with Crippen LogP contribution in [0.15, 0.2) is 12.1 Å². The summed E-state index contributed by atoms with van der Waals surface area (Å²) >= 11 is 0. The van der Waals surface area contributed by atoms with E-state index in [-0.39, 0.29) is 18.8 Å². The van der Waals surface area contributed by atoms with Crippen LogP contribution in [-0.4, -0.2) is 6.18 Å². The molecule has 1 aromatic rings. The number of nitrogens with two attached hydrogens (primary N) is 1. The van der Waals surface area contributed by atoms with Crippen LogP contribution in [0.25, 0.3) is 0 Å². The minimum absolute atomic E-state index is 0.00256. The highest BCUT2D eigenvalue weighted by molar-refractivity contribution is 5.34. The first-order chi connectivity index (χ1) is 9.70. The lowest BCUT2D eigenvalue weighted by Gasteiger charge is -2.34. The predicted molar refractivity (Wildman–Crippen MR) is 74.3 cm³/mol. The van der Waals surface area contributed by atoms with Gasteiger partial charge in [0.2, 0.25) is 0 Å². The first-order valence-corrected chi connectivity index (χ1v) is 7.29. The summed E-state index contributed by atoms with van der Waals surface area (Å²) in [6, 6.07) is 2.55. The third-order valence-corrected chi connectivity index (χ3v) is 4.50. The SMILES string of the molecule is Cc1cc(C)c(C(N)C2CCCC(C(F)(F)F)C2)c(F)c1. The van der Waals surface area contributed by atoms with Gasteiger partial charge in [0.25, 0.3) is 0 Å². The zero-order chi connectivity index (χ0) is 15.8. The normalized spacial score (nSPS) is 24.9. The third-order valence-electron chi connectivity index (χ3n) is 4.50. The number of rotatable bonds is 2. The molecule has 0 amide bonds. The van der Waals surface area contributed by atoms with Crippen LogP contribution in [0.4, 0.5) is 17.6 Å². The number of benzene rings is 1. The molecule has 0 aliphatic heterocycles. The molecule has 2 N–H and O–H groups in total. The van der Waals surface area contributed by atoms with E-state index in [1.807, 2.05) is 6.07 Å². The Kier molecular flexibility index (Phi) is 4.61. The van der Waals surface area contributed by atoms with Crippen LogP contribution >= 0.6 is 0 Å². The summed E-state index contributed by atoms with van der Waals surface area (Å²) < 4.78 is 52.8. The topological polar surface area (TPSA) is 26.0 Å². The second kappa shape index (κ2) is 5.95. The Hall–Kier alpha value is -1.10. The van der Waals surface area contributed by atoms with Crippen LogP contribution in [-0.2, 0) is 0 Å². The van der Waals surface area contributed by atoms with Crippen molar-refractivity contribution in [1.29, 1.82) is 0 Å². The van der Waals surface area contributed by atoms with Crippen LogP contribution in [0.2, 0.25) is 0 Å². The first kappa shape index (κ1) is 16.3. The van der Waals surface area contributed by atoms with E-state index in [4.69, 9.17) is 5.73 Å². The summed E-state index contributed by atoms with van der Waals surface area (Å²) in [5, 5.41) is 0. The summed E-state index contributed by atoms with van der Waals surface area (Å²) in [6.07, 6.45) is -2.91. The molecule has 1 aliphatic rings. The molecule has 3 atom stereocenters. The summed E-state index contributed by atoms with van der Waals surface area (Å²) in [5.74, 6) is -2.04. The Bertz CT molecular complexity index is 486. The molecule has 5 heteroatoms. The molecule has 0 spiro atoms. The fourth-order valence-corrected chi connectivity index (χ4v) is 3.44. The highest BCUT2D eigenvalue weighted by Crippen LogP contribution is 2.44. The largest absolute Gasteiger partial charge is 0.391 e. The van der Waals surface area contributed by atoms with Crippen molar-refractivity contribution >= 4 is 0 Å². The Morgan fingerprint density at radius 1 is 1.19 bits per heavy atom. The lowest BCUT2D eigenvalue weighted by atomic mass is 9.75. The Balaban J connectivity index is 2.22. The summed E-state index contributed by atoms with van der Waals surface area (Å²) in [5.41, 5.74) is 7.99. The molecule has 1 aromatic carbocycles. The second-order valence-corrected chi connectivity index (χ2v) is 6.17. The quantitative estimate of drug-likeness (QED) is 0.779. The third kappa shape index (κ3) is 3.57. The molecule has 118 valence electrons. The van der Waals surface area contributed by atoms with E-state index in [1.54, 1.807) is 13.8 Å². The molecule has 1 fully saturated rings. The van der Waals surface area contributed by atoms with E-state index >= 15 is 0 Å². The molecular formula is C16H21F4N. The highest BCUT2D eigenvalue weighted by atomic mass is 19.4. The Morgan fingerprint density at radius 2 is 1.86 bits per heavy atom. The fraction of sp³-hybridized carbons (Fsp3) is 0.625. The van der Waals surface area contributed by atoms with Crippen LogP contribution in [0, 0.1) is 31.5 Å². The van der Waals surface area contributed by atoms with Crippen LogP contribution in [0.1, 0.15) is 48.4 Å². The Labute approximate surface area is 122 Å². The number of hydrogen-bond donors (Lipinski definition) is 1. The van der Waals surface area contributed by atoms with E-state index < -0.39 is 24.0 Å². The molecule has 0 bridgehead atoms. The predicted octanol–water partition coefficient (Wildman–Crippen LogP) is 4.81. The molecule has 0 radical (unpaired) electrons. The van der Waals surface area contributed by atoms with E-state index in [2.05, 4.69) is 0 Å². The molecular weight excluding hydrogens is 282 g/mol. The van der Waals surface area contributed by atoms with Gasteiger partial charge in [-0.3, -0.25) is 0 Å². The average Bonchev–Trinajstić information content (AvgIpc) is 2.36. The van der Waals surface area contributed by atoms with Gasteiger partial charge in [0.05, 0.1) is 5.92 Å². The smallest absolute Gasteiger partial charge is 0.324 e. The van der Waals surface area contributed by atoms with E-state index in [0.717, 1.165) is 5.56 Å². The van der Waals surface area contributed by atoms with Gasteiger partial charge < -0.3 is 5.73 Å². The molecule has 0 aromatic heterocycles. The van der Waals surface area contributed by atoms with Gasteiger partial charge in [-0.2, -0.15) is 13.2 Å². The first-order valence-electron chi connectivity index (χ1n) is 7.29. The van der Waals surface area contributed by atoms with Crippen molar-refractivity contribution in [3.05, 3.63) is 34.6 Å². The zero-order valence-electron chi connectivity index (χ0n) is 12.3. The lowest BCUT2D eigenvalue weighted by molar-refractivity contribution is -0.186. The van der Waals surface area contributed by atoms with Gasteiger partial charge in [-0.1, -0.05) is 12.5 Å². The van der Waals surface area contributed by atoms with E-state index in [9.17, 15) is 17.6 Å². The van der Waals surface area contributed by atoms with Gasteiger partial charge in [0.15, 0.2) is 0 Å². The van der Waals surface area contributed by atoms with Crippen LogP contribution in [0.3, 0.4) is 0 Å². The van der Waals surface area contributed by atoms with Crippen molar-refractivity contribution in [1.82, 2.24) is 0 Å². The van der Waals surface area contributed by atoms with Gasteiger partial charge in [-0.05, 0) is 56.2 Å². The van der Waals surface area contributed by atoms with Gasteiger partial charge in [0.1, 0.15) is 5.82 Å². The van der Waals surface area contributed by atoms with Crippen molar-refractivity contribution in [2.75, 3.05) is 0 Å². The van der Waals surface area contributed by atoms with Gasteiger partial charge >= 0.3 is 6.18 Å². The maximum Gasteiger partial charge on any atom is 0.391 e. The fourth-order valence-electron chi connectivity index (χ4n) is 3.44. The summed E-state index contributed by atoms with van der Waals surface area (Å²) in [6.45, 7) is 3.54. The number of aryl methyl sites for hydroxylation is 2. The van der Waals surface area contributed by atoms with Crippen molar-refractivity contribution in [3.8, 4) is 0 Å². The van der Waals surface area contributed by atoms with E-state index in [0.29, 0.717) is 24.0 Å². The molecule has 1 saturated carbocycles. The second-order valence-electron chi connectivity index (χ2n) is 6.17. The number of halogens is 4. The Morgan fingerprint density at radius 3 is 2.43 bits per heavy atom. The minimum Gasteiger partial charge on any atom is -0.324 e. The highest BCUT2D eigenvalue weighted by Gasteiger charge is 2.43. The van der Waals surface area contributed by atoms with Crippen LogP contribution < -0.4 is 5.73 Å². The minimum atomic E-state index is -4.18. The van der Waals surface area contributed by atoms with Gasteiger partial charge in [-0.25, -0.2) is 4.39 Å². The molecule has 1 aliphatic carbocycles. The van der Waals surface area contributed by atoms with Gasteiger partial charge in [0, 0.05) is 11.6 Å². The van der Waals surface area contributed by atoms with Crippen molar-refractivity contribution in [2.24, 2.45) is 17.6 Å².